The summed E-state index contributed by atoms with van der Waals surface area (Å²) in [6.45, 7) is 5.33. The summed E-state index contributed by atoms with van der Waals surface area (Å²) in [5.41, 5.74) is 4.03. The van der Waals surface area contributed by atoms with Crippen molar-refractivity contribution in [2.24, 2.45) is 0 Å². The first kappa shape index (κ1) is 29.0. The molecule has 2 aromatic carbocycles. The molecule has 0 radical (unpaired) electrons. The van der Waals surface area contributed by atoms with Gasteiger partial charge in [0.2, 0.25) is 0 Å². The minimum atomic E-state index is -0.526. The number of hydrogen-bond donors (Lipinski definition) is 1. The number of methoxy groups -OCH3 is 1. The van der Waals surface area contributed by atoms with E-state index in [1.54, 1.807) is 60.3 Å². The summed E-state index contributed by atoms with van der Waals surface area (Å²) in [4.78, 5) is 32.6. The number of fused-ring (bicyclic) bond motifs is 3. The van der Waals surface area contributed by atoms with Crippen molar-refractivity contribution in [1.82, 2.24) is 25.0 Å². The lowest BCUT2D eigenvalue weighted by molar-refractivity contribution is -0.0374. The third-order valence-corrected chi connectivity index (χ3v) is 8.07. The number of halogens is 2. The van der Waals surface area contributed by atoms with Gasteiger partial charge in [-0.3, -0.25) is 14.6 Å². The molecule has 2 aliphatic heterocycles. The molecule has 1 fully saturated rings. The van der Waals surface area contributed by atoms with Gasteiger partial charge in [-0.1, -0.05) is 23.2 Å². The molecule has 12 heteroatoms. The van der Waals surface area contributed by atoms with Gasteiger partial charge in [0.15, 0.2) is 5.69 Å². The number of carbonyl (C=O) groups is 2. The van der Waals surface area contributed by atoms with Crippen LogP contribution in [0.4, 0.5) is 0 Å². The van der Waals surface area contributed by atoms with Crippen molar-refractivity contribution in [3.05, 3.63) is 75.7 Å². The lowest BCUT2D eigenvalue weighted by atomic mass is 9.95. The zero-order valence-corrected chi connectivity index (χ0v) is 25.5. The molecule has 2 aromatic heterocycles. The first-order valence-electron chi connectivity index (χ1n) is 13.6. The lowest BCUT2D eigenvalue weighted by Gasteiger charge is -2.41. The minimum absolute atomic E-state index is 0.110. The van der Waals surface area contributed by atoms with Gasteiger partial charge in [0.25, 0.3) is 11.8 Å². The standard InChI is InChI=1S/C31H29Cl2N5O5/c1-31(2)16-42-6-5-37(31)30(40)27-24-15-43-26-12-25(41-4)22(17-7-18(14-35-13-17)29(39)34-3)11-23(26)28(24)38(36-27)21-9-19(32)8-20(33)10-21/h7-14H,5-6,15-16H2,1-4H3,(H,34,39). The normalized spacial score (nSPS) is 15.3. The smallest absolute Gasteiger partial charge is 0.275 e. The molecule has 0 unspecified atom stereocenters. The van der Waals surface area contributed by atoms with E-state index in [-0.39, 0.29) is 24.1 Å². The number of aromatic nitrogens is 3. The van der Waals surface area contributed by atoms with Gasteiger partial charge in [-0.15, -0.1) is 0 Å². The highest BCUT2D eigenvalue weighted by molar-refractivity contribution is 6.34. The molecule has 4 heterocycles. The summed E-state index contributed by atoms with van der Waals surface area (Å²) < 4.78 is 19.3. The molecule has 0 bridgehead atoms. The van der Waals surface area contributed by atoms with Crippen molar-refractivity contribution >= 4 is 35.0 Å². The maximum Gasteiger partial charge on any atom is 0.275 e. The molecule has 2 aliphatic rings. The number of morpholine rings is 1. The molecule has 0 atom stereocenters. The van der Waals surface area contributed by atoms with Crippen molar-refractivity contribution in [2.75, 3.05) is 33.9 Å². The molecule has 0 saturated carbocycles. The number of carbonyl (C=O) groups excluding carboxylic acids is 2. The Morgan fingerprint density at radius 3 is 2.51 bits per heavy atom. The van der Waals surface area contributed by atoms with Crippen LogP contribution in [0, 0.1) is 0 Å². The van der Waals surface area contributed by atoms with Gasteiger partial charge in [0.05, 0.1) is 42.8 Å². The number of rotatable bonds is 5. The second-order valence-corrected chi connectivity index (χ2v) is 11.8. The van der Waals surface area contributed by atoms with Gasteiger partial charge < -0.3 is 24.4 Å². The number of nitrogens with one attached hydrogen (secondary N) is 1. The summed E-state index contributed by atoms with van der Waals surface area (Å²) in [6, 6.07) is 10.5. The highest BCUT2D eigenvalue weighted by Gasteiger charge is 2.39. The highest BCUT2D eigenvalue weighted by atomic mass is 35.5. The zero-order chi connectivity index (χ0) is 30.5. The van der Waals surface area contributed by atoms with E-state index in [9.17, 15) is 9.59 Å². The second kappa shape index (κ2) is 11.2. The first-order valence-corrected chi connectivity index (χ1v) is 14.4. The van der Waals surface area contributed by atoms with Crippen molar-refractivity contribution in [2.45, 2.75) is 26.0 Å². The van der Waals surface area contributed by atoms with Gasteiger partial charge in [0.1, 0.15) is 18.1 Å². The number of hydrogen-bond acceptors (Lipinski definition) is 7. The maximum atomic E-state index is 14.1. The van der Waals surface area contributed by atoms with E-state index in [2.05, 4.69) is 10.3 Å². The summed E-state index contributed by atoms with van der Waals surface area (Å²) in [5, 5.41) is 8.34. The molecule has 43 heavy (non-hydrogen) atoms. The Labute approximate surface area is 258 Å². The van der Waals surface area contributed by atoms with Crippen LogP contribution in [0.15, 0.2) is 48.8 Å². The van der Waals surface area contributed by atoms with E-state index < -0.39 is 5.54 Å². The Morgan fingerprint density at radius 2 is 1.81 bits per heavy atom. The average molecular weight is 623 g/mol. The van der Waals surface area contributed by atoms with E-state index in [1.165, 1.54) is 6.20 Å². The Balaban J connectivity index is 1.58. The molecule has 6 rings (SSSR count). The third-order valence-electron chi connectivity index (χ3n) is 7.64. The Bertz CT molecular complexity index is 1750. The number of pyridine rings is 1. The summed E-state index contributed by atoms with van der Waals surface area (Å²) in [5.74, 6) is 0.589. The van der Waals surface area contributed by atoms with E-state index in [1.807, 2.05) is 19.9 Å². The van der Waals surface area contributed by atoms with Crippen LogP contribution < -0.4 is 14.8 Å². The fourth-order valence-corrected chi connectivity index (χ4v) is 6.03. The Kier molecular flexibility index (Phi) is 7.53. The number of nitrogens with zero attached hydrogens (tertiary/aromatic N) is 4. The van der Waals surface area contributed by atoms with E-state index >= 15 is 0 Å². The number of amides is 2. The largest absolute Gasteiger partial charge is 0.496 e. The predicted molar refractivity (Wildman–Crippen MR) is 162 cm³/mol. The average Bonchev–Trinajstić information content (AvgIpc) is 3.39. The van der Waals surface area contributed by atoms with Crippen molar-refractivity contribution in [1.29, 1.82) is 0 Å². The van der Waals surface area contributed by atoms with Gasteiger partial charge in [0, 0.05) is 64.4 Å². The number of benzene rings is 2. The highest BCUT2D eigenvalue weighted by Crippen LogP contribution is 2.46. The molecule has 2 amide bonds. The fourth-order valence-electron chi connectivity index (χ4n) is 5.51. The summed E-state index contributed by atoms with van der Waals surface area (Å²) in [6.07, 6.45) is 3.15. The lowest BCUT2D eigenvalue weighted by Crippen LogP contribution is -2.55. The summed E-state index contributed by atoms with van der Waals surface area (Å²) >= 11 is 12.8. The van der Waals surface area contributed by atoms with E-state index in [4.69, 9.17) is 42.5 Å². The van der Waals surface area contributed by atoms with Crippen LogP contribution in [-0.4, -0.2) is 70.9 Å². The van der Waals surface area contributed by atoms with Gasteiger partial charge in [-0.05, 0) is 44.2 Å². The van der Waals surface area contributed by atoms with Crippen LogP contribution in [0.2, 0.25) is 10.0 Å². The van der Waals surface area contributed by atoms with Crippen LogP contribution in [0.3, 0.4) is 0 Å². The van der Waals surface area contributed by atoms with E-state index in [0.29, 0.717) is 80.5 Å². The maximum absolute atomic E-state index is 14.1. The third kappa shape index (κ3) is 5.20. The van der Waals surface area contributed by atoms with Crippen LogP contribution in [0.25, 0.3) is 28.1 Å². The van der Waals surface area contributed by atoms with Crippen LogP contribution in [0.5, 0.6) is 11.5 Å². The molecular formula is C31H29Cl2N5O5. The first-order chi connectivity index (χ1) is 20.6. The van der Waals surface area contributed by atoms with Gasteiger partial charge in [-0.25, -0.2) is 4.68 Å². The molecular weight excluding hydrogens is 593 g/mol. The van der Waals surface area contributed by atoms with Crippen molar-refractivity contribution in [3.8, 4) is 39.6 Å². The van der Waals surface area contributed by atoms with Crippen molar-refractivity contribution in [3.63, 3.8) is 0 Å². The van der Waals surface area contributed by atoms with Crippen LogP contribution in [-0.2, 0) is 11.3 Å². The molecule has 10 nitrogen and oxygen atoms in total. The summed E-state index contributed by atoms with van der Waals surface area (Å²) in [7, 11) is 3.13. The molecule has 1 N–H and O–H groups in total. The monoisotopic (exact) mass is 621 g/mol. The molecule has 0 spiro atoms. The van der Waals surface area contributed by atoms with Gasteiger partial charge in [-0.2, -0.15) is 5.10 Å². The minimum Gasteiger partial charge on any atom is -0.496 e. The molecule has 4 aromatic rings. The van der Waals surface area contributed by atoms with Gasteiger partial charge >= 0.3 is 0 Å². The quantitative estimate of drug-likeness (QED) is 0.317. The second-order valence-electron chi connectivity index (χ2n) is 10.9. The topological polar surface area (TPSA) is 108 Å². The van der Waals surface area contributed by atoms with E-state index in [0.717, 1.165) is 0 Å². The molecule has 1 saturated heterocycles. The number of ether oxygens (including phenoxy) is 3. The van der Waals surface area contributed by atoms with Crippen LogP contribution in [0.1, 0.15) is 40.3 Å². The Hall–Kier alpha value is -4.12. The fraction of sp³-hybridized carbons (Fsp3) is 0.290. The van der Waals surface area contributed by atoms with Crippen molar-refractivity contribution < 1.29 is 23.8 Å². The molecule has 0 aliphatic carbocycles. The Morgan fingerprint density at radius 1 is 1.05 bits per heavy atom. The molecule has 222 valence electrons. The van der Waals surface area contributed by atoms with Crippen LogP contribution >= 0.6 is 23.2 Å². The predicted octanol–water partition coefficient (Wildman–Crippen LogP) is 5.42. The SMILES string of the molecule is CNC(=O)c1cncc(-c2cc3c(cc2OC)OCc2c(C(=O)N4CCOCC4(C)C)nn(-c4cc(Cl)cc(Cl)c4)c2-3)c1. The zero-order valence-electron chi connectivity index (χ0n) is 24.0.